The van der Waals surface area contributed by atoms with Crippen LogP contribution in [-0.4, -0.2) is 5.78 Å². The van der Waals surface area contributed by atoms with Gasteiger partial charge in [0.2, 0.25) is 0 Å². The molecule has 0 atom stereocenters. The third kappa shape index (κ3) is 3.27. The fourth-order valence-corrected chi connectivity index (χ4v) is 2.35. The average molecular weight is 318 g/mol. The standard InChI is InChI=1S/C14H8Cl3FO/c15-10-2-1-3-11(16)9(10)7-14(19)8-4-5-13(18)12(17)6-8/h1-6H,7H2. The molecule has 0 saturated heterocycles. The Balaban J connectivity index is 2.28. The minimum Gasteiger partial charge on any atom is -0.294 e. The smallest absolute Gasteiger partial charge is 0.167 e. The maximum absolute atomic E-state index is 13.0. The van der Waals surface area contributed by atoms with E-state index in [1.165, 1.54) is 12.1 Å². The summed E-state index contributed by atoms with van der Waals surface area (Å²) < 4.78 is 13.0. The lowest BCUT2D eigenvalue weighted by Gasteiger charge is -2.06. The van der Waals surface area contributed by atoms with Gasteiger partial charge in [-0.25, -0.2) is 4.39 Å². The molecule has 0 saturated carbocycles. The number of halogens is 4. The molecule has 1 nitrogen and oxygen atoms in total. The highest BCUT2D eigenvalue weighted by Gasteiger charge is 2.13. The number of benzene rings is 2. The lowest BCUT2D eigenvalue weighted by Crippen LogP contribution is -2.05. The van der Waals surface area contributed by atoms with Gasteiger partial charge in [0, 0.05) is 22.0 Å². The van der Waals surface area contributed by atoms with Crippen LogP contribution in [0.15, 0.2) is 36.4 Å². The topological polar surface area (TPSA) is 17.1 Å². The van der Waals surface area contributed by atoms with Gasteiger partial charge < -0.3 is 0 Å². The Morgan fingerprint density at radius 2 is 1.63 bits per heavy atom. The minimum absolute atomic E-state index is 0.0421. The molecule has 0 aliphatic carbocycles. The largest absolute Gasteiger partial charge is 0.294 e. The highest BCUT2D eigenvalue weighted by molar-refractivity contribution is 6.36. The second-order valence-corrected chi connectivity index (χ2v) is 5.15. The number of Topliss-reactive ketones (excluding diaryl/α,β-unsaturated/α-hetero) is 1. The van der Waals surface area contributed by atoms with E-state index in [1.807, 2.05) is 0 Å². The van der Waals surface area contributed by atoms with Gasteiger partial charge in [-0.15, -0.1) is 0 Å². The van der Waals surface area contributed by atoms with E-state index in [9.17, 15) is 9.18 Å². The quantitative estimate of drug-likeness (QED) is 0.710. The van der Waals surface area contributed by atoms with Gasteiger partial charge >= 0.3 is 0 Å². The van der Waals surface area contributed by atoms with E-state index < -0.39 is 5.82 Å². The molecule has 0 radical (unpaired) electrons. The predicted octanol–water partition coefficient (Wildman–Crippen LogP) is 5.21. The van der Waals surface area contributed by atoms with Gasteiger partial charge in [-0.2, -0.15) is 0 Å². The molecular weight excluding hydrogens is 310 g/mol. The first-order chi connectivity index (χ1) is 8.99. The molecule has 0 amide bonds. The maximum Gasteiger partial charge on any atom is 0.167 e. The van der Waals surface area contributed by atoms with E-state index in [1.54, 1.807) is 18.2 Å². The Labute approximate surface area is 124 Å². The molecule has 0 aliphatic rings. The van der Waals surface area contributed by atoms with Crippen LogP contribution >= 0.6 is 34.8 Å². The zero-order valence-corrected chi connectivity index (χ0v) is 11.9. The van der Waals surface area contributed by atoms with E-state index in [2.05, 4.69) is 0 Å². The molecule has 2 rings (SSSR count). The second-order valence-electron chi connectivity index (χ2n) is 3.93. The second kappa shape index (κ2) is 5.91. The number of ketones is 1. The van der Waals surface area contributed by atoms with Crippen LogP contribution in [0.3, 0.4) is 0 Å². The zero-order chi connectivity index (χ0) is 14.0. The third-order valence-corrected chi connectivity index (χ3v) is 3.64. The normalized spacial score (nSPS) is 10.5. The molecule has 0 spiro atoms. The first-order valence-electron chi connectivity index (χ1n) is 5.40. The van der Waals surface area contributed by atoms with Crippen molar-refractivity contribution in [1.82, 2.24) is 0 Å². The SMILES string of the molecule is O=C(Cc1c(Cl)cccc1Cl)c1ccc(F)c(Cl)c1. The van der Waals surface area contributed by atoms with Crippen LogP contribution in [0, 0.1) is 5.82 Å². The van der Waals surface area contributed by atoms with E-state index in [0.717, 1.165) is 6.07 Å². The van der Waals surface area contributed by atoms with Gasteiger partial charge in [0.25, 0.3) is 0 Å². The first kappa shape index (κ1) is 14.3. The van der Waals surface area contributed by atoms with Crippen molar-refractivity contribution in [3.05, 3.63) is 68.4 Å². The van der Waals surface area contributed by atoms with Crippen molar-refractivity contribution < 1.29 is 9.18 Å². The summed E-state index contributed by atoms with van der Waals surface area (Å²) in [6, 6.07) is 8.86. The lowest BCUT2D eigenvalue weighted by atomic mass is 10.0. The van der Waals surface area contributed by atoms with Crippen LogP contribution < -0.4 is 0 Å². The molecule has 0 unspecified atom stereocenters. The molecule has 0 heterocycles. The Morgan fingerprint density at radius 3 is 2.21 bits per heavy atom. The molecule has 0 bridgehead atoms. The molecule has 5 heteroatoms. The minimum atomic E-state index is -0.561. The van der Waals surface area contributed by atoms with Gasteiger partial charge in [-0.05, 0) is 35.9 Å². The molecule has 19 heavy (non-hydrogen) atoms. The van der Waals surface area contributed by atoms with E-state index in [-0.39, 0.29) is 17.2 Å². The highest BCUT2D eigenvalue weighted by Crippen LogP contribution is 2.26. The van der Waals surface area contributed by atoms with E-state index >= 15 is 0 Å². The van der Waals surface area contributed by atoms with Crippen molar-refractivity contribution in [2.45, 2.75) is 6.42 Å². The van der Waals surface area contributed by atoms with Crippen molar-refractivity contribution in [2.75, 3.05) is 0 Å². The van der Waals surface area contributed by atoms with Crippen LogP contribution in [0.5, 0.6) is 0 Å². The van der Waals surface area contributed by atoms with Crippen molar-refractivity contribution >= 4 is 40.6 Å². The summed E-state index contributed by atoms with van der Waals surface area (Å²) in [5.74, 6) is -0.786. The fraction of sp³-hybridized carbons (Fsp3) is 0.0714. The Kier molecular flexibility index (Phi) is 4.46. The molecule has 0 aromatic heterocycles. The molecule has 0 N–H and O–H groups in total. The summed E-state index contributed by atoms with van der Waals surface area (Å²) in [6.45, 7) is 0. The summed E-state index contributed by atoms with van der Waals surface area (Å²) >= 11 is 17.6. The Bertz CT molecular complexity index is 620. The average Bonchev–Trinajstić information content (AvgIpc) is 2.37. The van der Waals surface area contributed by atoms with Gasteiger partial charge in [-0.3, -0.25) is 4.79 Å². The van der Waals surface area contributed by atoms with Crippen molar-refractivity contribution in [3.8, 4) is 0 Å². The molecule has 2 aromatic carbocycles. The van der Waals surface area contributed by atoms with Crippen LogP contribution in [-0.2, 0) is 6.42 Å². The monoisotopic (exact) mass is 316 g/mol. The Morgan fingerprint density at radius 1 is 1.00 bits per heavy atom. The zero-order valence-electron chi connectivity index (χ0n) is 9.59. The summed E-state index contributed by atoms with van der Waals surface area (Å²) in [4.78, 5) is 12.1. The molecule has 0 fully saturated rings. The van der Waals surface area contributed by atoms with Gasteiger partial charge in [-0.1, -0.05) is 40.9 Å². The van der Waals surface area contributed by atoms with Crippen molar-refractivity contribution in [1.29, 1.82) is 0 Å². The van der Waals surface area contributed by atoms with Crippen LogP contribution in [0.2, 0.25) is 15.1 Å². The molecule has 0 aliphatic heterocycles. The number of hydrogen-bond donors (Lipinski definition) is 0. The fourth-order valence-electron chi connectivity index (χ4n) is 1.63. The summed E-state index contributed by atoms with van der Waals surface area (Å²) in [5, 5.41) is 0.763. The van der Waals surface area contributed by atoms with Crippen molar-refractivity contribution in [2.24, 2.45) is 0 Å². The van der Waals surface area contributed by atoms with Crippen LogP contribution in [0.25, 0.3) is 0 Å². The van der Waals surface area contributed by atoms with Gasteiger partial charge in [0.15, 0.2) is 5.78 Å². The first-order valence-corrected chi connectivity index (χ1v) is 6.53. The molecule has 2 aromatic rings. The third-order valence-electron chi connectivity index (χ3n) is 2.64. The molecular formula is C14H8Cl3FO. The van der Waals surface area contributed by atoms with E-state index in [0.29, 0.717) is 21.2 Å². The van der Waals surface area contributed by atoms with Gasteiger partial charge in [0.1, 0.15) is 5.82 Å². The predicted molar refractivity (Wildman–Crippen MR) is 75.9 cm³/mol. The number of rotatable bonds is 3. The number of hydrogen-bond acceptors (Lipinski definition) is 1. The lowest BCUT2D eigenvalue weighted by molar-refractivity contribution is 0.0993. The number of carbonyl (C=O) groups is 1. The summed E-state index contributed by atoms with van der Waals surface area (Å²) in [7, 11) is 0. The van der Waals surface area contributed by atoms with E-state index in [4.69, 9.17) is 34.8 Å². The maximum atomic E-state index is 13.0. The van der Waals surface area contributed by atoms with Crippen LogP contribution in [0.1, 0.15) is 15.9 Å². The highest BCUT2D eigenvalue weighted by atomic mass is 35.5. The van der Waals surface area contributed by atoms with Crippen LogP contribution in [0.4, 0.5) is 4.39 Å². The number of carbonyl (C=O) groups excluding carboxylic acids is 1. The molecule has 98 valence electrons. The Hall–Kier alpha value is -1.09. The van der Waals surface area contributed by atoms with Gasteiger partial charge in [0.05, 0.1) is 5.02 Å². The van der Waals surface area contributed by atoms with Crippen molar-refractivity contribution in [3.63, 3.8) is 0 Å². The summed E-state index contributed by atoms with van der Waals surface area (Å²) in [6.07, 6.45) is 0.0421. The summed E-state index contributed by atoms with van der Waals surface area (Å²) in [5.41, 5.74) is 0.874.